The van der Waals surface area contributed by atoms with E-state index < -0.39 is 11.9 Å². The Morgan fingerprint density at radius 1 is 1.09 bits per heavy atom. The van der Waals surface area contributed by atoms with Gasteiger partial charge >= 0.3 is 0 Å². The molecule has 0 unspecified atom stereocenters. The number of hydrogen-bond acceptors (Lipinski definition) is 2. The molecule has 0 aromatic heterocycles. The highest BCUT2D eigenvalue weighted by atomic mass is 19.1. The second kappa shape index (κ2) is 7.59. The molecule has 4 heteroatoms. The maximum Gasteiger partial charge on any atom is 0.260 e. The summed E-state index contributed by atoms with van der Waals surface area (Å²) in [4.78, 5) is 12.0. The standard InChI is InChI=1S/C18H20FNO2/c1-13(15-8-4-3-5-9-15)12-20-18(21)14(2)22-17-11-7-6-10-16(17)19/h3-11,13-14H,12H2,1-2H3,(H,20,21)/t13-,14+/m1/s1. The van der Waals surface area contributed by atoms with Crippen molar-refractivity contribution in [3.05, 3.63) is 66.0 Å². The highest BCUT2D eigenvalue weighted by Crippen LogP contribution is 2.17. The van der Waals surface area contributed by atoms with Crippen LogP contribution in [0.2, 0.25) is 0 Å². The van der Waals surface area contributed by atoms with Crippen molar-refractivity contribution in [2.45, 2.75) is 25.9 Å². The number of nitrogens with one attached hydrogen (secondary N) is 1. The topological polar surface area (TPSA) is 38.3 Å². The quantitative estimate of drug-likeness (QED) is 0.886. The molecule has 22 heavy (non-hydrogen) atoms. The summed E-state index contributed by atoms with van der Waals surface area (Å²) in [6.07, 6.45) is -0.750. The van der Waals surface area contributed by atoms with Crippen LogP contribution >= 0.6 is 0 Å². The number of halogens is 1. The van der Waals surface area contributed by atoms with Crippen molar-refractivity contribution in [2.24, 2.45) is 0 Å². The minimum absolute atomic E-state index is 0.0845. The third-order valence-corrected chi connectivity index (χ3v) is 3.46. The van der Waals surface area contributed by atoms with Crippen LogP contribution in [0, 0.1) is 5.82 Å². The lowest BCUT2D eigenvalue weighted by atomic mass is 10.0. The summed E-state index contributed by atoms with van der Waals surface area (Å²) in [6.45, 7) is 4.15. The molecular formula is C18H20FNO2. The lowest BCUT2D eigenvalue weighted by molar-refractivity contribution is -0.127. The highest BCUT2D eigenvalue weighted by molar-refractivity contribution is 5.80. The van der Waals surface area contributed by atoms with Crippen LogP contribution in [0.1, 0.15) is 25.3 Å². The molecule has 1 N–H and O–H groups in total. The first-order chi connectivity index (χ1) is 10.6. The maximum absolute atomic E-state index is 13.5. The molecule has 116 valence electrons. The first-order valence-corrected chi connectivity index (χ1v) is 7.31. The van der Waals surface area contributed by atoms with Crippen molar-refractivity contribution in [3.63, 3.8) is 0 Å². The molecule has 0 saturated carbocycles. The maximum atomic E-state index is 13.5. The lowest BCUT2D eigenvalue weighted by Crippen LogP contribution is -2.38. The number of rotatable bonds is 6. The fourth-order valence-electron chi connectivity index (χ4n) is 2.08. The molecular weight excluding hydrogens is 281 g/mol. The van der Waals surface area contributed by atoms with E-state index in [-0.39, 0.29) is 17.6 Å². The summed E-state index contributed by atoms with van der Waals surface area (Å²) in [6, 6.07) is 16.0. The molecule has 1 amide bonds. The van der Waals surface area contributed by atoms with Gasteiger partial charge in [-0.05, 0) is 30.5 Å². The van der Waals surface area contributed by atoms with Crippen LogP contribution in [0.15, 0.2) is 54.6 Å². The van der Waals surface area contributed by atoms with E-state index >= 15 is 0 Å². The minimum Gasteiger partial charge on any atom is -0.478 e. The second-order valence-electron chi connectivity index (χ2n) is 5.25. The Balaban J connectivity index is 1.85. The predicted molar refractivity (Wildman–Crippen MR) is 84.4 cm³/mol. The van der Waals surface area contributed by atoms with Crippen LogP contribution in [0.25, 0.3) is 0 Å². The Kier molecular flexibility index (Phi) is 5.53. The van der Waals surface area contributed by atoms with Crippen LogP contribution in [0.3, 0.4) is 0 Å². The third kappa shape index (κ3) is 4.32. The average Bonchev–Trinajstić information content (AvgIpc) is 2.55. The molecule has 3 nitrogen and oxygen atoms in total. The number of amides is 1. The van der Waals surface area contributed by atoms with Crippen LogP contribution in [-0.2, 0) is 4.79 Å². The lowest BCUT2D eigenvalue weighted by Gasteiger charge is -2.17. The summed E-state index contributed by atoms with van der Waals surface area (Å²) in [7, 11) is 0. The summed E-state index contributed by atoms with van der Waals surface area (Å²) in [5.74, 6) is -0.446. The van der Waals surface area contributed by atoms with Crippen molar-refractivity contribution in [3.8, 4) is 5.75 Å². The van der Waals surface area contributed by atoms with Crippen molar-refractivity contribution >= 4 is 5.91 Å². The normalized spacial score (nSPS) is 13.2. The molecule has 0 spiro atoms. The summed E-state index contributed by atoms with van der Waals surface area (Å²) in [5.41, 5.74) is 1.16. The van der Waals surface area contributed by atoms with Gasteiger partial charge in [0.2, 0.25) is 0 Å². The number of para-hydroxylation sites is 1. The van der Waals surface area contributed by atoms with E-state index in [2.05, 4.69) is 5.32 Å². The van der Waals surface area contributed by atoms with E-state index in [1.165, 1.54) is 12.1 Å². The second-order valence-corrected chi connectivity index (χ2v) is 5.25. The number of carbonyl (C=O) groups is 1. The van der Waals surface area contributed by atoms with Gasteiger partial charge in [-0.2, -0.15) is 0 Å². The zero-order valence-electron chi connectivity index (χ0n) is 12.8. The van der Waals surface area contributed by atoms with Crippen LogP contribution in [0.5, 0.6) is 5.75 Å². The van der Waals surface area contributed by atoms with E-state index in [0.29, 0.717) is 6.54 Å². The smallest absolute Gasteiger partial charge is 0.260 e. The molecule has 0 saturated heterocycles. The number of benzene rings is 2. The Bertz CT molecular complexity index is 615. The molecule has 2 aromatic carbocycles. The van der Waals surface area contributed by atoms with E-state index in [9.17, 15) is 9.18 Å². The predicted octanol–water partition coefficient (Wildman–Crippen LogP) is 3.51. The molecule has 0 fully saturated rings. The molecule has 0 aliphatic carbocycles. The zero-order valence-corrected chi connectivity index (χ0v) is 12.8. The van der Waals surface area contributed by atoms with Gasteiger partial charge in [-0.15, -0.1) is 0 Å². The Morgan fingerprint density at radius 2 is 1.73 bits per heavy atom. The van der Waals surface area contributed by atoms with Gasteiger partial charge in [-0.3, -0.25) is 4.79 Å². The Labute approximate surface area is 130 Å². The van der Waals surface area contributed by atoms with Gasteiger partial charge in [0.15, 0.2) is 17.7 Å². The van der Waals surface area contributed by atoms with Gasteiger partial charge in [0.25, 0.3) is 5.91 Å². The first kappa shape index (κ1) is 16.0. The van der Waals surface area contributed by atoms with Gasteiger partial charge in [-0.1, -0.05) is 49.4 Å². The van der Waals surface area contributed by atoms with Gasteiger partial charge in [0.1, 0.15) is 0 Å². The molecule has 2 aromatic rings. The van der Waals surface area contributed by atoms with Crippen LogP contribution in [-0.4, -0.2) is 18.6 Å². The average molecular weight is 301 g/mol. The Hall–Kier alpha value is -2.36. The molecule has 0 aliphatic heterocycles. The van der Waals surface area contributed by atoms with E-state index in [0.717, 1.165) is 5.56 Å². The van der Waals surface area contributed by atoms with Crippen molar-refractivity contribution in [2.75, 3.05) is 6.54 Å². The molecule has 0 radical (unpaired) electrons. The van der Waals surface area contributed by atoms with Gasteiger partial charge < -0.3 is 10.1 Å². The Morgan fingerprint density at radius 3 is 2.41 bits per heavy atom. The van der Waals surface area contributed by atoms with Crippen LogP contribution in [0.4, 0.5) is 4.39 Å². The monoisotopic (exact) mass is 301 g/mol. The number of ether oxygens (including phenoxy) is 1. The SMILES string of the molecule is C[C@H](Oc1ccccc1F)C(=O)NC[C@@H](C)c1ccccc1. The van der Waals surface area contributed by atoms with Gasteiger partial charge in [-0.25, -0.2) is 4.39 Å². The fourth-order valence-corrected chi connectivity index (χ4v) is 2.08. The summed E-state index contributed by atoms with van der Waals surface area (Å²) < 4.78 is 18.8. The minimum atomic E-state index is -0.750. The van der Waals surface area contributed by atoms with Crippen molar-refractivity contribution < 1.29 is 13.9 Å². The zero-order chi connectivity index (χ0) is 15.9. The van der Waals surface area contributed by atoms with Gasteiger partial charge in [0, 0.05) is 6.54 Å². The first-order valence-electron chi connectivity index (χ1n) is 7.31. The highest BCUT2D eigenvalue weighted by Gasteiger charge is 2.17. The molecule has 0 aliphatic rings. The summed E-state index contributed by atoms with van der Waals surface area (Å²) in [5, 5.41) is 2.83. The molecule has 0 bridgehead atoms. The molecule has 0 heterocycles. The number of carbonyl (C=O) groups excluding carboxylic acids is 1. The van der Waals surface area contributed by atoms with E-state index in [4.69, 9.17) is 4.74 Å². The summed E-state index contributed by atoms with van der Waals surface area (Å²) >= 11 is 0. The largest absolute Gasteiger partial charge is 0.478 e. The van der Waals surface area contributed by atoms with Crippen molar-refractivity contribution in [1.29, 1.82) is 0 Å². The molecule has 2 rings (SSSR count). The van der Waals surface area contributed by atoms with E-state index in [1.807, 2.05) is 37.3 Å². The van der Waals surface area contributed by atoms with Crippen LogP contribution < -0.4 is 10.1 Å². The third-order valence-electron chi connectivity index (χ3n) is 3.46. The number of hydrogen-bond donors (Lipinski definition) is 1. The van der Waals surface area contributed by atoms with Crippen molar-refractivity contribution in [1.82, 2.24) is 5.32 Å². The van der Waals surface area contributed by atoms with E-state index in [1.54, 1.807) is 19.1 Å². The fraction of sp³-hybridized carbons (Fsp3) is 0.278. The molecule has 2 atom stereocenters. The van der Waals surface area contributed by atoms with Gasteiger partial charge in [0.05, 0.1) is 0 Å².